The number of benzene rings is 2. The van der Waals surface area contributed by atoms with Crippen molar-refractivity contribution in [2.24, 2.45) is 0 Å². The van der Waals surface area contributed by atoms with E-state index in [0.717, 1.165) is 23.1 Å². The van der Waals surface area contributed by atoms with Crippen molar-refractivity contribution in [1.29, 1.82) is 0 Å². The maximum absolute atomic E-state index is 5.48. The summed E-state index contributed by atoms with van der Waals surface area (Å²) in [5.74, 6) is 0. The summed E-state index contributed by atoms with van der Waals surface area (Å²) >= 11 is 0. The molecule has 22 heavy (non-hydrogen) atoms. The number of fused-ring (bicyclic) bond motifs is 1. The highest BCUT2D eigenvalue weighted by molar-refractivity contribution is 5.79. The number of rotatable bonds is 4. The van der Waals surface area contributed by atoms with Crippen LogP contribution in [-0.2, 0) is 6.42 Å². The molecule has 1 unspecified atom stereocenters. The Morgan fingerprint density at radius 3 is 2.64 bits per heavy atom. The van der Waals surface area contributed by atoms with E-state index in [4.69, 9.17) is 4.52 Å². The van der Waals surface area contributed by atoms with E-state index in [-0.39, 0.29) is 6.04 Å². The first kappa shape index (κ1) is 12.8. The number of hydrogen-bond donors (Lipinski definition) is 0. The maximum Gasteiger partial charge on any atom is 0.167 e. The van der Waals surface area contributed by atoms with E-state index in [1.807, 2.05) is 36.8 Å². The molecule has 2 heterocycles. The monoisotopic (exact) mass is 289 g/mol. The van der Waals surface area contributed by atoms with Crippen LogP contribution in [-0.4, -0.2) is 14.7 Å². The van der Waals surface area contributed by atoms with Crippen LogP contribution in [0.4, 0.5) is 0 Å². The normalized spacial score (nSPS) is 12.5. The summed E-state index contributed by atoms with van der Waals surface area (Å²) in [7, 11) is 0. The summed E-state index contributed by atoms with van der Waals surface area (Å²) in [6.07, 6.45) is 6.43. The molecule has 108 valence electrons. The van der Waals surface area contributed by atoms with Gasteiger partial charge in [0, 0.05) is 17.8 Å². The predicted molar refractivity (Wildman–Crippen MR) is 84.5 cm³/mol. The summed E-state index contributed by atoms with van der Waals surface area (Å²) in [5, 5.41) is 5.38. The molecule has 1 atom stereocenters. The van der Waals surface area contributed by atoms with E-state index in [1.54, 1.807) is 6.20 Å². The highest BCUT2D eigenvalue weighted by Gasteiger charge is 2.21. The molecule has 4 aromatic rings. The number of aromatic nitrogens is 3. The number of hydrogen-bond acceptors (Lipinski definition) is 3. The fourth-order valence-electron chi connectivity index (χ4n) is 2.78. The fraction of sp³-hybridized carbons (Fsp3) is 0.111. The quantitative estimate of drug-likeness (QED) is 0.573. The molecule has 0 fully saturated rings. The van der Waals surface area contributed by atoms with Gasteiger partial charge in [-0.25, -0.2) is 4.98 Å². The van der Waals surface area contributed by atoms with Gasteiger partial charge in [-0.1, -0.05) is 47.6 Å². The standard InChI is InChI=1S/C18H15N3O/c1-2-6-14(7-3-1)12-16(21-11-10-19-13-21)18-15-8-4-5-9-17(15)22-20-18/h1-11,13,16H,12H2. The van der Waals surface area contributed by atoms with Crippen molar-refractivity contribution >= 4 is 11.0 Å². The third kappa shape index (κ3) is 2.29. The van der Waals surface area contributed by atoms with Crippen molar-refractivity contribution in [3.63, 3.8) is 0 Å². The zero-order valence-electron chi connectivity index (χ0n) is 12.0. The van der Waals surface area contributed by atoms with Crippen molar-refractivity contribution in [2.75, 3.05) is 0 Å². The van der Waals surface area contributed by atoms with Crippen LogP contribution in [0, 0.1) is 0 Å². The minimum atomic E-state index is 0.0635. The Bertz CT molecular complexity index is 866. The van der Waals surface area contributed by atoms with Crippen LogP contribution in [0.2, 0.25) is 0 Å². The van der Waals surface area contributed by atoms with Gasteiger partial charge >= 0.3 is 0 Å². The maximum atomic E-state index is 5.48. The van der Waals surface area contributed by atoms with Crippen molar-refractivity contribution < 1.29 is 4.52 Å². The van der Waals surface area contributed by atoms with E-state index in [9.17, 15) is 0 Å². The lowest BCUT2D eigenvalue weighted by atomic mass is 10.0. The fourth-order valence-corrected chi connectivity index (χ4v) is 2.78. The molecule has 4 heteroatoms. The van der Waals surface area contributed by atoms with Crippen LogP contribution in [0.15, 0.2) is 77.8 Å². The van der Waals surface area contributed by atoms with Gasteiger partial charge in [-0.15, -0.1) is 0 Å². The molecular formula is C18H15N3O. The molecule has 0 amide bonds. The molecule has 4 rings (SSSR count). The predicted octanol–water partition coefficient (Wildman–Crippen LogP) is 3.86. The molecule has 4 nitrogen and oxygen atoms in total. The van der Waals surface area contributed by atoms with Crippen molar-refractivity contribution in [2.45, 2.75) is 12.5 Å². The molecule has 0 spiro atoms. The zero-order valence-corrected chi connectivity index (χ0v) is 12.0. The summed E-state index contributed by atoms with van der Waals surface area (Å²) < 4.78 is 7.56. The molecular weight excluding hydrogens is 274 g/mol. The average Bonchev–Trinajstić information content (AvgIpc) is 3.24. The number of para-hydroxylation sites is 1. The SMILES string of the molecule is c1ccc(CC(c2noc3ccccc23)n2ccnc2)cc1. The summed E-state index contributed by atoms with van der Waals surface area (Å²) in [6, 6.07) is 18.4. The first-order valence-corrected chi connectivity index (χ1v) is 7.27. The van der Waals surface area contributed by atoms with Crippen LogP contribution >= 0.6 is 0 Å². The minimum absolute atomic E-state index is 0.0635. The van der Waals surface area contributed by atoms with Crippen LogP contribution in [0.25, 0.3) is 11.0 Å². The highest BCUT2D eigenvalue weighted by Crippen LogP contribution is 2.28. The van der Waals surface area contributed by atoms with Gasteiger partial charge in [-0.05, 0) is 24.1 Å². The summed E-state index contributed by atoms with van der Waals surface area (Å²) in [6.45, 7) is 0. The van der Waals surface area contributed by atoms with Gasteiger partial charge in [-0.3, -0.25) is 0 Å². The molecule has 0 aliphatic heterocycles. The van der Waals surface area contributed by atoms with Gasteiger partial charge in [0.2, 0.25) is 0 Å². The molecule has 0 saturated heterocycles. The number of nitrogens with zero attached hydrogens (tertiary/aromatic N) is 3. The Morgan fingerprint density at radius 2 is 1.82 bits per heavy atom. The van der Waals surface area contributed by atoms with E-state index >= 15 is 0 Å². The van der Waals surface area contributed by atoms with Crippen LogP contribution < -0.4 is 0 Å². The second-order valence-electron chi connectivity index (χ2n) is 5.28. The lowest BCUT2D eigenvalue weighted by Crippen LogP contribution is -2.12. The summed E-state index contributed by atoms with van der Waals surface area (Å²) in [4.78, 5) is 4.18. The molecule has 0 radical (unpaired) electrons. The lowest BCUT2D eigenvalue weighted by Gasteiger charge is -2.16. The van der Waals surface area contributed by atoms with Gasteiger partial charge in [0.1, 0.15) is 5.69 Å². The second kappa shape index (κ2) is 5.48. The topological polar surface area (TPSA) is 43.9 Å². The highest BCUT2D eigenvalue weighted by atomic mass is 16.5. The molecule has 0 aliphatic rings. The van der Waals surface area contributed by atoms with Gasteiger partial charge in [0.15, 0.2) is 5.58 Å². The Hall–Kier alpha value is -2.88. The number of imidazole rings is 1. The van der Waals surface area contributed by atoms with Gasteiger partial charge in [-0.2, -0.15) is 0 Å². The van der Waals surface area contributed by atoms with E-state index in [0.29, 0.717) is 0 Å². The molecule has 2 aromatic heterocycles. The van der Waals surface area contributed by atoms with Crippen LogP contribution in [0.5, 0.6) is 0 Å². The summed E-state index contributed by atoms with van der Waals surface area (Å²) in [5.41, 5.74) is 3.02. The van der Waals surface area contributed by atoms with Gasteiger partial charge in [0.05, 0.1) is 12.4 Å². The molecule has 2 aromatic carbocycles. The van der Waals surface area contributed by atoms with Crippen molar-refractivity contribution in [3.05, 3.63) is 84.6 Å². The largest absolute Gasteiger partial charge is 0.356 e. The van der Waals surface area contributed by atoms with Crippen molar-refractivity contribution in [1.82, 2.24) is 14.7 Å². The van der Waals surface area contributed by atoms with Gasteiger partial charge < -0.3 is 9.09 Å². The first-order chi connectivity index (χ1) is 10.9. The van der Waals surface area contributed by atoms with Crippen molar-refractivity contribution in [3.8, 4) is 0 Å². The minimum Gasteiger partial charge on any atom is -0.356 e. The smallest absolute Gasteiger partial charge is 0.167 e. The molecule has 0 bridgehead atoms. The van der Waals surface area contributed by atoms with E-state index in [1.165, 1.54) is 5.56 Å². The van der Waals surface area contributed by atoms with E-state index < -0.39 is 0 Å². The third-order valence-corrected chi connectivity index (χ3v) is 3.88. The van der Waals surface area contributed by atoms with Gasteiger partial charge in [0.25, 0.3) is 0 Å². The zero-order chi connectivity index (χ0) is 14.8. The Balaban J connectivity index is 1.81. The third-order valence-electron chi connectivity index (χ3n) is 3.88. The Labute approximate surface area is 128 Å². The lowest BCUT2D eigenvalue weighted by molar-refractivity contribution is 0.425. The van der Waals surface area contributed by atoms with Crippen LogP contribution in [0.3, 0.4) is 0 Å². The average molecular weight is 289 g/mol. The Kier molecular flexibility index (Phi) is 3.20. The molecule has 0 saturated carbocycles. The molecule has 0 N–H and O–H groups in total. The second-order valence-corrected chi connectivity index (χ2v) is 5.28. The van der Waals surface area contributed by atoms with Crippen LogP contribution in [0.1, 0.15) is 17.3 Å². The first-order valence-electron chi connectivity index (χ1n) is 7.27. The Morgan fingerprint density at radius 1 is 1.00 bits per heavy atom. The van der Waals surface area contributed by atoms with E-state index in [2.05, 4.69) is 45.0 Å². The molecule has 0 aliphatic carbocycles.